The molecule has 5 rings (SSSR count). The van der Waals surface area contributed by atoms with Crippen LogP contribution in [0, 0.1) is 0 Å². The number of aliphatic hydroxyl groups excluding tert-OH is 1. The maximum absolute atomic E-state index is 10.2. The zero-order chi connectivity index (χ0) is 19.8. The molecule has 4 aromatic rings. The molecule has 3 heterocycles. The molecule has 2 unspecified atom stereocenters. The summed E-state index contributed by atoms with van der Waals surface area (Å²) in [5, 5.41) is 14.5. The van der Waals surface area contributed by atoms with Gasteiger partial charge in [-0.15, -0.1) is 0 Å². The van der Waals surface area contributed by atoms with Crippen LogP contribution in [0.5, 0.6) is 0 Å². The van der Waals surface area contributed by atoms with Gasteiger partial charge in [0.05, 0.1) is 35.2 Å². The van der Waals surface area contributed by atoms with Gasteiger partial charge >= 0.3 is 0 Å². The van der Waals surface area contributed by atoms with E-state index in [9.17, 15) is 5.11 Å². The van der Waals surface area contributed by atoms with Gasteiger partial charge in [0.1, 0.15) is 5.52 Å². The van der Waals surface area contributed by atoms with Gasteiger partial charge in [-0.25, -0.2) is 15.0 Å². The molecule has 1 saturated carbocycles. The Kier molecular flexibility index (Phi) is 4.77. The Labute approximate surface area is 173 Å². The summed E-state index contributed by atoms with van der Waals surface area (Å²) in [6, 6.07) is 8.44. The summed E-state index contributed by atoms with van der Waals surface area (Å²) < 4.78 is 3.20. The van der Waals surface area contributed by atoms with Crippen molar-refractivity contribution in [3.8, 4) is 0 Å². The monoisotopic (exact) mass is 405 g/mol. The molecule has 1 fully saturated rings. The maximum Gasteiger partial charge on any atom is 0.184 e. The van der Waals surface area contributed by atoms with Crippen molar-refractivity contribution in [2.75, 3.05) is 5.32 Å². The second-order valence-corrected chi connectivity index (χ2v) is 8.64. The zero-order valence-corrected chi connectivity index (χ0v) is 16.9. The summed E-state index contributed by atoms with van der Waals surface area (Å²) in [5.74, 6) is 0. The van der Waals surface area contributed by atoms with Gasteiger partial charge in [-0.2, -0.15) is 0 Å². The smallest absolute Gasteiger partial charge is 0.184 e. The van der Waals surface area contributed by atoms with Gasteiger partial charge in [0.15, 0.2) is 10.8 Å². The number of thiazole rings is 1. The fraction of sp³-hybridized carbons (Fsp3) is 0.318. The third-order valence-corrected chi connectivity index (χ3v) is 6.51. The van der Waals surface area contributed by atoms with Crippen molar-refractivity contribution >= 4 is 43.9 Å². The lowest BCUT2D eigenvalue weighted by atomic mass is 9.93. The molecule has 0 bridgehead atoms. The lowest BCUT2D eigenvalue weighted by Crippen LogP contribution is -2.36. The normalized spacial score (nSPS) is 19.6. The Balaban J connectivity index is 1.38. The topological polar surface area (TPSA) is 75.9 Å². The van der Waals surface area contributed by atoms with Gasteiger partial charge in [0.2, 0.25) is 0 Å². The predicted molar refractivity (Wildman–Crippen MR) is 118 cm³/mol. The van der Waals surface area contributed by atoms with Gasteiger partial charge in [-0.05, 0) is 42.2 Å². The number of rotatable bonds is 5. The van der Waals surface area contributed by atoms with Crippen LogP contribution in [-0.2, 0) is 6.54 Å². The summed E-state index contributed by atoms with van der Waals surface area (Å²) in [4.78, 5) is 13.7. The highest BCUT2D eigenvalue weighted by atomic mass is 32.1. The van der Waals surface area contributed by atoms with E-state index in [1.54, 1.807) is 17.4 Å². The number of fused-ring (bicyclic) bond motifs is 2. The second-order valence-electron chi connectivity index (χ2n) is 7.61. The van der Waals surface area contributed by atoms with Gasteiger partial charge in [0.25, 0.3) is 0 Å². The van der Waals surface area contributed by atoms with Crippen LogP contribution in [-0.4, -0.2) is 36.8 Å². The largest absolute Gasteiger partial charge is 0.391 e. The van der Waals surface area contributed by atoms with E-state index in [1.807, 2.05) is 18.6 Å². The molecule has 1 aliphatic rings. The predicted octanol–water partition coefficient (Wildman–Crippen LogP) is 4.45. The number of hydrogen-bond donors (Lipinski definition) is 2. The number of benzene rings is 1. The molecule has 0 aliphatic heterocycles. The number of anilines is 1. The average molecular weight is 406 g/mol. The van der Waals surface area contributed by atoms with Gasteiger partial charge in [0, 0.05) is 6.20 Å². The van der Waals surface area contributed by atoms with Crippen LogP contribution >= 0.6 is 11.3 Å². The van der Waals surface area contributed by atoms with Crippen molar-refractivity contribution in [1.29, 1.82) is 0 Å². The molecule has 148 valence electrons. The van der Waals surface area contributed by atoms with E-state index in [0.29, 0.717) is 6.54 Å². The number of nitrogens with one attached hydrogen (secondary N) is 1. The number of aromatic nitrogens is 4. The lowest BCUT2D eigenvalue weighted by Gasteiger charge is -2.27. The maximum atomic E-state index is 10.2. The van der Waals surface area contributed by atoms with Gasteiger partial charge in [-0.1, -0.05) is 42.9 Å². The van der Waals surface area contributed by atoms with Gasteiger partial charge < -0.3 is 15.0 Å². The van der Waals surface area contributed by atoms with E-state index < -0.39 is 0 Å². The third-order valence-electron chi connectivity index (χ3n) is 5.56. The number of nitrogens with zero attached hydrogens (tertiary/aromatic N) is 4. The molecule has 2 atom stereocenters. The SMILES string of the molecule is C=Cc1cnc2c(c1)ncn2Cc1ccc2nc(NC3CCCCC3O)sc2c1. The summed E-state index contributed by atoms with van der Waals surface area (Å²) in [5.41, 5.74) is 4.87. The van der Waals surface area contributed by atoms with Crippen molar-refractivity contribution in [2.45, 2.75) is 44.4 Å². The molecule has 6 nitrogen and oxygen atoms in total. The van der Waals surface area contributed by atoms with E-state index in [4.69, 9.17) is 4.98 Å². The van der Waals surface area contributed by atoms with Gasteiger partial charge in [-0.3, -0.25) is 0 Å². The van der Waals surface area contributed by atoms with E-state index in [0.717, 1.165) is 57.8 Å². The minimum atomic E-state index is -0.282. The first-order chi connectivity index (χ1) is 14.2. The highest BCUT2D eigenvalue weighted by Crippen LogP contribution is 2.30. The summed E-state index contributed by atoms with van der Waals surface area (Å²) in [6.07, 6.45) is 9.28. The first-order valence-corrected chi connectivity index (χ1v) is 10.8. The van der Waals surface area contributed by atoms with Crippen LogP contribution in [0.2, 0.25) is 0 Å². The Morgan fingerprint density at radius 3 is 2.97 bits per heavy atom. The van der Waals surface area contributed by atoms with Crippen molar-refractivity contribution < 1.29 is 5.11 Å². The van der Waals surface area contributed by atoms with Crippen LogP contribution in [0.25, 0.3) is 27.5 Å². The molecule has 0 saturated heterocycles. The minimum absolute atomic E-state index is 0.104. The van der Waals surface area contributed by atoms with E-state index in [2.05, 4.69) is 44.6 Å². The Morgan fingerprint density at radius 2 is 2.10 bits per heavy atom. The summed E-state index contributed by atoms with van der Waals surface area (Å²) >= 11 is 1.64. The fourth-order valence-corrected chi connectivity index (χ4v) is 4.95. The average Bonchev–Trinajstić information content (AvgIpc) is 3.32. The van der Waals surface area contributed by atoms with Crippen LogP contribution in [0.4, 0.5) is 5.13 Å². The van der Waals surface area contributed by atoms with E-state index in [-0.39, 0.29) is 12.1 Å². The first kappa shape index (κ1) is 18.3. The number of aliphatic hydroxyl groups is 1. The molecular weight excluding hydrogens is 382 g/mol. The number of hydrogen-bond acceptors (Lipinski definition) is 6. The Bertz CT molecular complexity index is 1180. The highest BCUT2D eigenvalue weighted by Gasteiger charge is 2.23. The van der Waals surface area contributed by atoms with Crippen molar-refractivity contribution in [3.63, 3.8) is 0 Å². The molecule has 29 heavy (non-hydrogen) atoms. The second kappa shape index (κ2) is 7.57. The molecule has 2 N–H and O–H groups in total. The molecule has 1 aliphatic carbocycles. The van der Waals surface area contributed by atoms with Crippen molar-refractivity contribution in [3.05, 3.63) is 54.5 Å². The fourth-order valence-electron chi connectivity index (χ4n) is 3.96. The van der Waals surface area contributed by atoms with Crippen molar-refractivity contribution in [1.82, 2.24) is 19.5 Å². The van der Waals surface area contributed by atoms with Crippen LogP contribution < -0.4 is 5.32 Å². The highest BCUT2D eigenvalue weighted by molar-refractivity contribution is 7.22. The third kappa shape index (κ3) is 3.63. The number of imidazole rings is 1. The molecule has 3 aromatic heterocycles. The molecule has 7 heteroatoms. The first-order valence-electron chi connectivity index (χ1n) is 9.97. The van der Waals surface area contributed by atoms with E-state index >= 15 is 0 Å². The standard InChI is InChI=1S/C22H23N5OS/c1-2-14-9-18-21(23-11-14)27(13-24-18)12-15-7-8-17-20(10-15)29-22(26-17)25-16-5-3-4-6-19(16)28/h2,7-11,13,16,19,28H,1,3-6,12H2,(H,25,26). The Hall–Kier alpha value is -2.77. The van der Waals surface area contributed by atoms with E-state index in [1.165, 1.54) is 5.56 Å². The minimum Gasteiger partial charge on any atom is -0.391 e. The number of pyridine rings is 1. The zero-order valence-electron chi connectivity index (χ0n) is 16.1. The van der Waals surface area contributed by atoms with Crippen LogP contribution in [0.15, 0.2) is 43.4 Å². The molecule has 1 aromatic carbocycles. The summed E-state index contributed by atoms with van der Waals surface area (Å²) in [7, 11) is 0. The summed E-state index contributed by atoms with van der Waals surface area (Å²) in [6.45, 7) is 4.49. The quantitative estimate of drug-likeness (QED) is 0.513. The van der Waals surface area contributed by atoms with Crippen LogP contribution in [0.1, 0.15) is 36.8 Å². The molecule has 0 radical (unpaired) electrons. The lowest BCUT2D eigenvalue weighted by molar-refractivity contribution is 0.116. The molecule has 0 spiro atoms. The Morgan fingerprint density at radius 1 is 1.21 bits per heavy atom. The van der Waals surface area contributed by atoms with Crippen molar-refractivity contribution in [2.24, 2.45) is 0 Å². The van der Waals surface area contributed by atoms with Crippen LogP contribution in [0.3, 0.4) is 0 Å². The molecule has 0 amide bonds. The molecular formula is C22H23N5OS.